The van der Waals surface area contributed by atoms with Crippen LogP contribution in [0.3, 0.4) is 0 Å². The second-order valence-corrected chi connectivity index (χ2v) is 6.40. The molecule has 27 heavy (non-hydrogen) atoms. The van der Waals surface area contributed by atoms with E-state index in [1.807, 2.05) is 26.0 Å². The number of rotatable bonds is 4. The molecule has 0 aliphatic heterocycles. The summed E-state index contributed by atoms with van der Waals surface area (Å²) in [6, 6.07) is 15.1. The standard InChI is InChI=1S/C21H20N4O2/c1-4-25-20-17(12-15-6-5-13(2)11-18(15)22-20)19(24-25)23-21(26)14-7-9-16(27-3)10-8-14/h5-12H,4H2,1-3H3,(H,23,24,26). The van der Waals surface area contributed by atoms with Crippen LogP contribution in [0.4, 0.5) is 5.82 Å². The Bertz CT molecular complexity index is 1150. The molecule has 1 N–H and O–H groups in total. The van der Waals surface area contributed by atoms with E-state index in [9.17, 15) is 4.79 Å². The molecule has 2 heterocycles. The number of benzene rings is 2. The van der Waals surface area contributed by atoms with Gasteiger partial charge in [-0.25, -0.2) is 9.67 Å². The first-order chi connectivity index (χ1) is 13.1. The molecule has 4 aromatic rings. The van der Waals surface area contributed by atoms with Crippen LogP contribution in [0.25, 0.3) is 21.9 Å². The van der Waals surface area contributed by atoms with Crippen molar-refractivity contribution in [2.24, 2.45) is 0 Å². The number of pyridine rings is 1. The number of anilines is 1. The number of aromatic nitrogens is 3. The molecule has 4 rings (SSSR count). The SMILES string of the molecule is CCn1nc(NC(=O)c2ccc(OC)cc2)c2cc3ccc(C)cc3nc21. The number of nitrogens with zero attached hydrogens (tertiary/aromatic N) is 3. The minimum absolute atomic E-state index is 0.218. The summed E-state index contributed by atoms with van der Waals surface area (Å²) in [7, 11) is 1.59. The quantitative estimate of drug-likeness (QED) is 0.593. The molecule has 1 amide bonds. The summed E-state index contributed by atoms with van der Waals surface area (Å²) in [6.45, 7) is 4.71. The maximum Gasteiger partial charge on any atom is 0.256 e. The molecule has 0 aliphatic rings. The molecule has 2 aromatic carbocycles. The van der Waals surface area contributed by atoms with Gasteiger partial charge in [0.25, 0.3) is 5.91 Å². The van der Waals surface area contributed by atoms with Crippen molar-refractivity contribution in [1.82, 2.24) is 14.8 Å². The van der Waals surface area contributed by atoms with Gasteiger partial charge in [-0.2, -0.15) is 5.10 Å². The van der Waals surface area contributed by atoms with E-state index in [-0.39, 0.29) is 5.91 Å². The number of nitrogens with one attached hydrogen (secondary N) is 1. The van der Waals surface area contributed by atoms with Crippen LogP contribution in [0, 0.1) is 6.92 Å². The normalized spacial score (nSPS) is 11.1. The molecule has 0 unspecified atom stereocenters. The Balaban J connectivity index is 1.76. The number of hydrogen-bond donors (Lipinski definition) is 1. The van der Waals surface area contributed by atoms with Crippen LogP contribution < -0.4 is 10.1 Å². The largest absolute Gasteiger partial charge is 0.497 e. The van der Waals surface area contributed by atoms with Crippen LogP contribution >= 0.6 is 0 Å². The summed E-state index contributed by atoms with van der Waals surface area (Å²) < 4.78 is 6.94. The Morgan fingerprint density at radius 2 is 1.93 bits per heavy atom. The highest BCUT2D eigenvalue weighted by atomic mass is 16.5. The molecular weight excluding hydrogens is 340 g/mol. The molecule has 0 radical (unpaired) electrons. The first kappa shape index (κ1) is 17.0. The fourth-order valence-electron chi connectivity index (χ4n) is 3.09. The summed E-state index contributed by atoms with van der Waals surface area (Å²) in [4.78, 5) is 17.4. The highest BCUT2D eigenvalue weighted by Gasteiger charge is 2.16. The van der Waals surface area contributed by atoms with Gasteiger partial charge >= 0.3 is 0 Å². The zero-order valence-electron chi connectivity index (χ0n) is 15.5. The summed E-state index contributed by atoms with van der Waals surface area (Å²) in [6.07, 6.45) is 0. The average Bonchev–Trinajstić information content (AvgIpc) is 3.02. The molecule has 0 spiro atoms. The number of fused-ring (bicyclic) bond motifs is 2. The number of amides is 1. The molecule has 0 saturated carbocycles. The lowest BCUT2D eigenvalue weighted by molar-refractivity contribution is 0.102. The van der Waals surface area contributed by atoms with Gasteiger partial charge in [0.15, 0.2) is 11.5 Å². The highest BCUT2D eigenvalue weighted by molar-refractivity contribution is 6.08. The molecule has 0 aliphatic carbocycles. The van der Waals surface area contributed by atoms with E-state index in [0.29, 0.717) is 23.7 Å². The number of carbonyl (C=O) groups is 1. The summed E-state index contributed by atoms with van der Waals surface area (Å²) in [5.74, 6) is 1.00. The summed E-state index contributed by atoms with van der Waals surface area (Å²) in [5.41, 5.74) is 3.38. The number of carbonyl (C=O) groups excluding carboxylic acids is 1. The second kappa shape index (κ2) is 6.72. The molecule has 0 bridgehead atoms. The molecule has 136 valence electrons. The van der Waals surface area contributed by atoms with E-state index in [1.54, 1.807) is 36.1 Å². The molecule has 0 atom stereocenters. The van der Waals surface area contributed by atoms with Gasteiger partial charge in [0.2, 0.25) is 0 Å². The van der Waals surface area contributed by atoms with E-state index in [4.69, 9.17) is 9.72 Å². The van der Waals surface area contributed by atoms with E-state index < -0.39 is 0 Å². The zero-order valence-corrected chi connectivity index (χ0v) is 15.5. The van der Waals surface area contributed by atoms with Crippen molar-refractivity contribution in [2.45, 2.75) is 20.4 Å². The van der Waals surface area contributed by atoms with Crippen molar-refractivity contribution < 1.29 is 9.53 Å². The molecule has 6 nitrogen and oxygen atoms in total. The Labute approximate surface area is 156 Å². The Kier molecular flexibility index (Phi) is 4.24. The Hall–Kier alpha value is -3.41. The smallest absolute Gasteiger partial charge is 0.256 e. The van der Waals surface area contributed by atoms with Crippen molar-refractivity contribution in [3.63, 3.8) is 0 Å². The second-order valence-electron chi connectivity index (χ2n) is 6.40. The van der Waals surface area contributed by atoms with Crippen molar-refractivity contribution >= 4 is 33.7 Å². The van der Waals surface area contributed by atoms with Gasteiger partial charge in [-0.3, -0.25) is 4.79 Å². The lowest BCUT2D eigenvalue weighted by Crippen LogP contribution is -2.12. The van der Waals surface area contributed by atoms with E-state index in [1.165, 1.54) is 0 Å². The third kappa shape index (κ3) is 3.10. The van der Waals surface area contributed by atoms with Gasteiger partial charge in [0.1, 0.15) is 5.75 Å². The summed E-state index contributed by atoms with van der Waals surface area (Å²) >= 11 is 0. The zero-order chi connectivity index (χ0) is 19.0. The van der Waals surface area contributed by atoms with Crippen molar-refractivity contribution in [1.29, 1.82) is 0 Å². The molecular formula is C21H20N4O2. The van der Waals surface area contributed by atoms with E-state index in [2.05, 4.69) is 22.5 Å². The number of methoxy groups -OCH3 is 1. The third-order valence-electron chi connectivity index (χ3n) is 4.56. The highest BCUT2D eigenvalue weighted by Crippen LogP contribution is 2.27. The lowest BCUT2D eigenvalue weighted by atomic mass is 10.1. The number of hydrogen-bond acceptors (Lipinski definition) is 4. The van der Waals surface area contributed by atoms with Crippen LogP contribution in [-0.2, 0) is 6.54 Å². The van der Waals surface area contributed by atoms with Crippen molar-refractivity contribution in [2.75, 3.05) is 12.4 Å². The molecule has 2 aromatic heterocycles. The van der Waals surface area contributed by atoms with Crippen LogP contribution in [0.1, 0.15) is 22.8 Å². The van der Waals surface area contributed by atoms with Crippen molar-refractivity contribution in [3.05, 3.63) is 59.7 Å². The first-order valence-electron chi connectivity index (χ1n) is 8.82. The van der Waals surface area contributed by atoms with Gasteiger partial charge in [-0.1, -0.05) is 12.1 Å². The number of aryl methyl sites for hydroxylation is 2. The molecule has 0 fully saturated rings. The van der Waals surface area contributed by atoms with Gasteiger partial charge in [0, 0.05) is 17.5 Å². The molecule has 6 heteroatoms. The monoisotopic (exact) mass is 360 g/mol. The van der Waals surface area contributed by atoms with Crippen LogP contribution in [0.5, 0.6) is 5.75 Å². The fourth-order valence-corrected chi connectivity index (χ4v) is 3.09. The van der Waals surface area contributed by atoms with Crippen LogP contribution in [-0.4, -0.2) is 27.8 Å². The maximum absolute atomic E-state index is 12.6. The fraction of sp³-hybridized carbons (Fsp3) is 0.190. The predicted molar refractivity (Wildman–Crippen MR) is 106 cm³/mol. The minimum atomic E-state index is -0.218. The first-order valence-corrected chi connectivity index (χ1v) is 8.82. The van der Waals surface area contributed by atoms with Crippen molar-refractivity contribution in [3.8, 4) is 5.75 Å². The topological polar surface area (TPSA) is 69.0 Å². The van der Waals surface area contributed by atoms with E-state index >= 15 is 0 Å². The van der Waals surface area contributed by atoms with Crippen LogP contribution in [0.2, 0.25) is 0 Å². The summed E-state index contributed by atoms with van der Waals surface area (Å²) in [5, 5.41) is 9.31. The Morgan fingerprint density at radius 3 is 2.63 bits per heavy atom. The average molecular weight is 360 g/mol. The number of ether oxygens (including phenoxy) is 1. The minimum Gasteiger partial charge on any atom is -0.497 e. The van der Waals surface area contributed by atoms with Gasteiger partial charge in [0.05, 0.1) is 18.0 Å². The van der Waals surface area contributed by atoms with Gasteiger partial charge in [-0.15, -0.1) is 0 Å². The van der Waals surface area contributed by atoms with E-state index in [0.717, 1.165) is 27.5 Å². The van der Waals surface area contributed by atoms with Crippen LogP contribution in [0.15, 0.2) is 48.5 Å². The predicted octanol–water partition coefficient (Wildman–Crippen LogP) is 4.17. The van der Waals surface area contributed by atoms with Gasteiger partial charge in [-0.05, 0) is 55.8 Å². The molecule has 0 saturated heterocycles. The van der Waals surface area contributed by atoms with Gasteiger partial charge < -0.3 is 10.1 Å². The maximum atomic E-state index is 12.6. The Morgan fingerprint density at radius 1 is 1.15 bits per heavy atom. The third-order valence-corrected chi connectivity index (χ3v) is 4.56. The lowest BCUT2D eigenvalue weighted by Gasteiger charge is -2.04.